The number of fused-ring (bicyclic) bond motifs is 1. The Bertz CT molecular complexity index is 1120. The Morgan fingerprint density at radius 2 is 1.81 bits per heavy atom. The normalized spacial score (nSPS) is 22.4. The monoisotopic (exact) mass is 484 g/mol. The first-order valence-corrected chi connectivity index (χ1v) is 10.7. The van der Waals surface area contributed by atoms with E-state index in [1.807, 2.05) is 0 Å². The lowest BCUT2D eigenvalue weighted by atomic mass is 9.89. The smallest absolute Gasteiger partial charge is 0.372 e. The van der Waals surface area contributed by atoms with Crippen LogP contribution in [-0.2, 0) is 23.5 Å². The minimum Gasteiger partial charge on any atom is -0.372 e. The van der Waals surface area contributed by atoms with Gasteiger partial charge >= 0.3 is 6.18 Å². The second-order valence-corrected chi connectivity index (χ2v) is 9.07. The van der Waals surface area contributed by atoms with Gasteiger partial charge in [-0.15, -0.1) is 0 Å². The van der Waals surface area contributed by atoms with E-state index in [0.29, 0.717) is 18.8 Å². The highest BCUT2D eigenvalue weighted by Gasteiger charge is 2.63. The highest BCUT2D eigenvalue weighted by molar-refractivity contribution is 6.34. The lowest BCUT2D eigenvalue weighted by Crippen LogP contribution is -2.43. The number of oxime groups is 1. The number of aromatic nitrogens is 1. The molecule has 1 unspecified atom stereocenters. The van der Waals surface area contributed by atoms with Crippen molar-refractivity contribution in [1.82, 2.24) is 15.2 Å². The maximum Gasteiger partial charge on any atom is 0.435 e. The number of carbonyl (C=O) groups is 1. The Morgan fingerprint density at radius 1 is 1.12 bits per heavy atom. The van der Waals surface area contributed by atoms with E-state index in [2.05, 4.69) is 15.5 Å². The van der Waals surface area contributed by atoms with Gasteiger partial charge in [0.1, 0.15) is 11.5 Å². The summed E-state index contributed by atoms with van der Waals surface area (Å²) >= 11 is 11.9. The fourth-order valence-electron chi connectivity index (χ4n) is 3.92. The number of nitrogens with zero attached hydrogens (tertiary/aromatic N) is 3. The van der Waals surface area contributed by atoms with Gasteiger partial charge in [-0.3, -0.25) is 9.78 Å². The molecule has 1 aromatic carbocycles. The van der Waals surface area contributed by atoms with E-state index in [1.54, 1.807) is 17.2 Å². The summed E-state index contributed by atoms with van der Waals surface area (Å²) < 4.78 is 42.5. The summed E-state index contributed by atoms with van der Waals surface area (Å²) in [7, 11) is 0. The lowest BCUT2D eigenvalue weighted by Gasteiger charge is -2.30. The number of amidine groups is 1. The van der Waals surface area contributed by atoms with Crippen LogP contribution >= 0.6 is 23.2 Å². The van der Waals surface area contributed by atoms with Crippen molar-refractivity contribution >= 4 is 34.9 Å². The molecule has 0 saturated heterocycles. The Kier molecular flexibility index (Phi) is 5.01. The number of amides is 1. The van der Waals surface area contributed by atoms with Crippen molar-refractivity contribution in [1.29, 1.82) is 0 Å². The van der Waals surface area contributed by atoms with Crippen molar-refractivity contribution < 1.29 is 22.8 Å². The number of benzene rings is 1. The van der Waals surface area contributed by atoms with Gasteiger partial charge in [-0.25, -0.2) is 0 Å². The lowest BCUT2D eigenvalue weighted by molar-refractivity contribution is -0.275. The molecule has 1 aromatic heterocycles. The molecule has 2 aliphatic heterocycles. The van der Waals surface area contributed by atoms with E-state index in [-0.39, 0.29) is 33.4 Å². The number of carbonyl (C=O) groups excluding carboxylic acids is 1. The van der Waals surface area contributed by atoms with Gasteiger partial charge < -0.3 is 15.1 Å². The fraction of sp³-hybridized carbons (Fsp3) is 0.381. The van der Waals surface area contributed by atoms with Crippen LogP contribution in [0.4, 0.5) is 13.2 Å². The van der Waals surface area contributed by atoms with E-state index < -0.39 is 18.2 Å². The van der Waals surface area contributed by atoms with E-state index >= 15 is 0 Å². The summed E-state index contributed by atoms with van der Waals surface area (Å²) in [5, 5.41) is 6.82. The van der Waals surface area contributed by atoms with Crippen LogP contribution in [0.25, 0.3) is 0 Å². The molecule has 1 saturated carbocycles. The molecule has 168 valence electrons. The maximum absolute atomic E-state index is 14.2. The van der Waals surface area contributed by atoms with Gasteiger partial charge in [-0.05, 0) is 48.2 Å². The Hall–Kier alpha value is -2.52. The maximum atomic E-state index is 14.2. The zero-order valence-corrected chi connectivity index (χ0v) is 18.1. The van der Waals surface area contributed by atoms with Crippen LogP contribution in [0.15, 0.2) is 35.6 Å². The van der Waals surface area contributed by atoms with Crippen LogP contribution in [0.5, 0.6) is 0 Å². The molecule has 5 rings (SSSR count). The molecular formula is C21H17Cl2F3N4O2. The van der Waals surface area contributed by atoms with Crippen molar-refractivity contribution in [3.63, 3.8) is 0 Å². The summed E-state index contributed by atoms with van der Waals surface area (Å²) in [5.74, 6) is -0.0946. The van der Waals surface area contributed by atoms with Crippen LogP contribution in [-0.4, -0.2) is 33.8 Å². The van der Waals surface area contributed by atoms with Gasteiger partial charge in [0.15, 0.2) is 0 Å². The number of nitrogens with one attached hydrogen (secondary N) is 1. The first-order valence-electron chi connectivity index (χ1n) is 9.96. The largest absolute Gasteiger partial charge is 0.435 e. The summed E-state index contributed by atoms with van der Waals surface area (Å²) in [6.45, 7) is 0.618. The van der Waals surface area contributed by atoms with Crippen molar-refractivity contribution in [3.8, 4) is 0 Å². The first kappa shape index (κ1) is 21.3. The van der Waals surface area contributed by atoms with E-state index in [0.717, 1.165) is 24.0 Å². The summed E-state index contributed by atoms with van der Waals surface area (Å²) in [4.78, 5) is 23.2. The molecule has 1 aliphatic carbocycles. The number of hydrogen-bond acceptors (Lipinski definition) is 5. The standard InChI is InChI=1S/C21H17Cl2F3N4O2/c22-14-4-13(5-15(23)6-14)20(21(24,25)26)7-18(29-32-20)30-9-11-3-17(27-8-12(11)10-30)19(31)28-16-1-2-16/h3-6,8,16H,1-2,7,9-10H2,(H,28,31). The molecule has 0 bridgehead atoms. The van der Waals surface area contributed by atoms with Gasteiger partial charge in [0.25, 0.3) is 11.5 Å². The number of halogens is 5. The zero-order valence-electron chi connectivity index (χ0n) is 16.5. The van der Waals surface area contributed by atoms with Crippen LogP contribution < -0.4 is 5.32 Å². The molecule has 3 aliphatic rings. The second-order valence-electron chi connectivity index (χ2n) is 8.20. The summed E-state index contributed by atoms with van der Waals surface area (Å²) in [6, 6.07) is 5.61. The van der Waals surface area contributed by atoms with Crippen LogP contribution in [0.3, 0.4) is 0 Å². The number of alkyl halides is 3. The van der Waals surface area contributed by atoms with Gasteiger partial charge in [0.05, 0.1) is 6.42 Å². The Balaban J connectivity index is 1.37. The van der Waals surface area contributed by atoms with Crippen molar-refractivity contribution in [2.24, 2.45) is 5.16 Å². The molecule has 3 heterocycles. The first-order chi connectivity index (χ1) is 15.1. The summed E-state index contributed by atoms with van der Waals surface area (Å²) in [6.07, 6.45) is -1.77. The zero-order chi connectivity index (χ0) is 22.7. The number of pyridine rings is 1. The van der Waals surface area contributed by atoms with Crippen molar-refractivity contribution in [2.45, 2.75) is 50.2 Å². The highest BCUT2D eigenvalue weighted by Crippen LogP contribution is 2.49. The predicted molar refractivity (Wildman–Crippen MR) is 111 cm³/mol. The van der Waals surface area contributed by atoms with Gasteiger partial charge in [-0.2, -0.15) is 13.2 Å². The van der Waals surface area contributed by atoms with Crippen LogP contribution in [0.2, 0.25) is 10.0 Å². The van der Waals surface area contributed by atoms with Gasteiger partial charge in [-0.1, -0.05) is 28.4 Å². The van der Waals surface area contributed by atoms with Crippen LogP contribution in [0.1, 0.15) is 46.4 Å². The molecule has 1 fully saturated rings. The molecule has 1 atom stereocenters. The molecular weight excluding hydrogens is 468 g/mol. The molecule has 11 heteroatoms. The minimum atomic E-state index is -4.76. The Morgan fingerprint density at radius 3 is 2.47 bits per heavy atom. The number of rotatable bonds is 3. The summed E-state index contributed by atoms with van der Waals surface area (Å²) in [5.41, 5.74) is -0.955. The average molecular weight is 485 g/mol. The molecule has 32 heavy (non-hydrogen) atoms. The minimum absolute atomic E-state index is 0.0739. The fourth-order valence-corrected chi connectivity index (χ4v) is 4.45. The van der Waals surface area contributed by atoms with Crippen LogP contribution in [0, 0.1) is 0 Å². The molecule has 0 spiro atoms. The topological polar surface area (TPSA) is 66.8 Å². The Labute approximate surface area is 191 Å². The predicted octanol–water partition coefficient (Wildman–Crippen LogP) is 4.79. The van der Waals surface area contributed by atoms with Gasteiger partial charge in [0, 0.05) is 40.9 Å². The quantitative estimate of drug-likeness (QED) is 0.680. The van der Waals surface area contributed by atoms with Crippen molar-refractivity contribution in [2.75, 3.05) is 0 Å². The number of hydrogen-bond donors (Lipinski definition) is 1. The van der Waals surface area contributed by atoms with E-state index in [4.69, 9.17) is 28.0 Å². The molecule has 2 aromatic rings. The molecule has 6 nitrogen and oxygen atoms in total. The third-order valence-electron chi connectivity index (χ3n) is 5.82. The second kappa shape index (κ2) is 7.52. The third-order valence-corrected chi connectivity index (χ3v) is 6.25. The van der Waals surface area contributed by atoms with Crippen molar-refractivity contribution in [3.05, 3.63) is 62.9 Å². The molecule has 0 radical (unpaired) electrons. The SMILES string of the molecule is O=C(NC1CC1)c1cc2c(cn1)CN(C1=NOC(c3cc(Cl)cc(Cl)c3)(C(F)(F)F)C1)C2. The average Bonchev–Trinajstić information content (AvgIpc) is 3.25. The van der Waals surface area contributed by atoms with Gasteiger partial charge in [0.2, 0.25) is 0 Å². The van der Waals surface area contributed by atoms with E-state index in [9.17, 15) is 18.0 Å². The third kappa shape index (κ3) is 3.77. The van der Waals surface area contributed by atoms with E-state index in [1.165, 1.54) is 18.2 Å². The molecule has 1 N–H and O–H groups in total. The highest BCUT2D eigenvalue weighted by atomic mass is 35.5. The molecule has 1 amide bonds.